The lowest BCUT2D eigenvalue weighted by atomic mass is 10.3. The van der Waals surface area contributed by atoms with E-state index in [-0.39, 0.29) is 0 Å². The minimum atomic E-state index is 0.717. The number of benzene rings is 1. The summed E-state index contributed by atoms with van der Waals surface area (Å²) in [6.07, 6.45) is 2.42. The van der Waals surface area contributed by atoms with Crippen molar-refractivity contribution < 1.29 is 0 Å². The third-order valence-electron chi connectivity index (χ3n) is 2.64. The molecule has 0 unspecified atom stereocenters. The molecule has 78 valence electrons. The second-order valence-electron chi connectivity index (χ2n) is 3.63. The maximum absolute atomic E-state index is 4.21. The number of fused-ring (bicyclic) bond motifs is 1. The van der Waals surface area contributed by atoms with Gasteiger partial charge in [-0.3, -0.25) is 4.35 Å². The van der Waals surface area contributed by atoms with Crippen molar-refractivity contribution in [1.29, 1.82) is 0 Å². The van der Waals surface area contributed by atoms with Gasteiger partial charge in [0.1, 0.15) is 5.52 Å². The summed E-state index contributed by atoms with van der Waals surface area (Å²) in [5, 5.41) is 8.37. The first-order valence-corrected chi connectivity index (χ1v) is 6.44. The molecule has 2 aromatic rings. The van der Waals surface area contributed by atoms with Gasteiger partial charge in [-0.15, -0.1) is 5.10 Å². The molecule has 0 aliphatic carbocycles. The Labute approximate surface area is 92.4 Å². The molecule has 0 atom stereocenters. The van der Waals surface area contributed by atoms with Crippen molar-refractivity contribution in [2.45, 2.75) is 32.2 Å². The van der Waals surface area contributed by atoms with Crippen LogP contribution in [-0.4, -0.2) is 24.3 Å². The van der Waals surface area contributed by atoms with Gasteiger partial charge in [0.05, 0.1) is 5.52 Å². The quantitative estimate of drug-likeness (QED) is 0.737. The molecule has 3 nitrogen and oxygen atoms in total. The van der Waals surface area contributed by atoms with Gasteiger partial charge in [-0.1, -0.05) is 44.0 Å². The SMILES string of the molecule is CCC(CC)[Si]n1nnc2ccccc21. The van der Waals surface area contributed by atoms with E-state index >= 15 is 0 Å². The Balaban J connectivity index is 2.28. The van der Waals surface area contributed by atoms with Crippen LogP contribution in [0.3, 0.4) is 0 Å². The van der Waals surface area contributed by atoms with Crippen LogP contribution in [0.2, 0.25) is 5.54 Å². The number of aromatic nitrogens is 3. The van der Waals surface area contributed by atoms with Crippen LogP contribution in [0, 0.1) is 0 Å². The molecule has 1 aromatic carbocycles. The molecular weight excluding hydrogens is 202 g/mol. The summed E-state index contributed by atoms with van der Waals surface area (Å²) in [6.45, 7) is 4.47. The van der Waals surface area contributed by atoms with Gasteiger partial charge in [0.25, 0.3) is 0 Å². The molecule has 0 N–H and O–H groups in total. The predicted molar refractivity (Wildman–Crippen MR) is 63.0 cm³/mol. The standard InChI is InChI=1S/C11H15N3Si/c1-3-9(4-2)15-14-11-8-6-5-7-10(11)12-13-14/h5-9H,3-4H2,1-2H3. The van der Waals surface area contributed by atoms with Crippen LogP contribution in [0.25, 0.3) is 11.0 Å². The van der Waals surface area contributed by atoms with Crippen LogP contribution in [0.4, 0.5) is 0 Å². The van der Waals surface area contributed by atoms with Gasteiger partial charge in [-0.05, 0) is 17.7 Å². The Bertz CT molecular complexity index is 434. The third kappa shape index (κ3) is 2.09. The molecule has 0 bridgehead atoms. The van der Waals surface area contributed by atoms with E-state index in [9.17, 15) is 0 Å². The highest BCUT2D eigenvalue weighted by Crippen LogP contribution is 2.16. The summed E-state index contributed by atoms with van der Waals surface area (Å²) < 4.78 is 2.05. The molecule has 2 radical (unpaired) electrons. The van der Waals surface area contributed by atoms with Gasteiger partial charge in [0.2, 0.25) is 9.68 Å². The van der Waals surface area contributed by atoms with Gasteiger partial charge < -0.3 is 0 Å². The third-order valence-corrected chi connectivity index (χ3v) is 4.40. The van der Waals surface area contributed by atoms with Gasteiger partial charge in [0, 0.05) is 0 Å². The van der Waals surface area contributed by atoms with Crippen LogP contribution in [0.15, 0.2) is 24.3 Å². The van der Waals surface area contributed by atoms with Crippen LogP contribution in [0.5, 0.6) is 0 Å². The van der Waals surface area contributed by atoms with Crippen molar-refractivity contribution >= 4 is 20.7 Å². The molecule has 0 spiro atoms. The molecule has 0 aliphatic rings. The number of nitrogens with zero attached hydrogens (tertiary/aromatic N) is 3. The highest BCUT2D eigenvalue weighted by Gasteiger charge is 2.10. The second kappa shape index (κ2) is 4.57. The number of rotatable bonds is 4. The molecule has 0 saturated carbocycles. The lowest BCUT2D eigenvalue weighted by Gasteiger charge is -2.09. The van der Waals surface area contributed by atoms with Gasteiger partial charge >= 0.3 is 0 Å². The van der Waals surface area contributed by atoms with E-state index in [2.05, 4.69) is 30.2 Å². The summed E-state index contributed by atoms with van der Waals surface area (Å²) in [5.74, 6) is 0. The molecular formula is C11H15N3Si. The Morgan fingerprint density at radius 3 is 2.73 bits per heavy atom. The Morgan fingerprint density at radius 1 is 1.27 bits per heavy atom. The fourth-order valence-corrected chi connectivity index (χ4v) is 2.74. The zero-order valence-corrected chi connectivity index (χ0v) is 10.1. The summed E-state index contributed by atoms with van der Waals surface area (Å²) in [6, 6.07) is 8.14. The predicted octanol–water partition coefficient (Wildman–Crippen LogP) is 2.51. The molecule has 2 rings (SSSR count). The number of para-hydroxylation sites is 1. The highest BCUT2D eigenvalue weighted by atomic mass is 28.2. The van der Waals surface area contributed by atoms with Crippen molar-refractivity contribution in [3.63, 3.8) is 0 Å². The van der Waals surface area contributed by atoms with E-state index in [1.165, 1.54) is 12.8 Å². The monoisotopic (exact) mass is 217 g/mol. The number of hydrogen-bond acceptors (Lipinski definition) is 2. The van der Waals surface area contributed by atoms with Crippen LogP contribution < -0.4 is 0 Å². The minimum absolute atomic E-state index is 0.717. The normalized spacial score (nSPS) is 11.4. The van der Waals surface area contributed by atoms with Crippen molar-refractivity contribution in [1.82, 2.24) is 14.7 Å². The average molecular weight is 217 g/mol. The molecule has 0 saturated heterocycles. The van der Waals surface area contributed by atoms with Crippen molar-refractivity contribution in [2.24, 2.45) is 0 Å². The van der Waals surface area contributed by atoms with Crippen LogP contribution >= 0.6 is 0 Å². The zero-order valence-electron chi connectivity index (χ0n) is 9.14. The second-order valence-corrected chi connectivity index (χ2v) is 5.13. The lowest BCUT2D eigenvalue weighted by molar-refractivity contribution is 0.735. The maximum Gasteiger partial charge on any atom is 0.221 e. The van der Waals surface area contributed by atoms with Crippen LogP contribution in [0.1, 0.15) is 26.7 Å². The topological polar surface area (TPSA) is 30.7 Å². The molecule has 0 aliphatic heterocycles. The first-order valence-electron chi connectivity index (χ1n) is 5.42. The summed E-state index contributed by atoms with van der Waals surface area (Å²) in [5.41, 5.74) is 2.88. The van der Waals surface area contributed by atoms with Gasteiger partial charge in [-0.25, -0.2) is 0 Å². The van der Waals surface area contributed by atoms with Gasteiger partial charge in [-0.2, -0.15) is 0 Å². The summed E-state index contributed by atoms with van der Waals surface area (Å²) in [4.78, 5) is 0. The summed E-state index contributed by atoms with van der Waals surface area (Å²) in [7, 11) is 0.717. The summed E-state index contributed by atoms with van der Waals surface area (Å²) >= 11 is 0. The molecule has 0 amide bonds. The molecule has 1 heterocycles. The zero-order chi connectivity index (χ0) is 10.7. The fourth-order valence-electron chi connectivity index (χ4n) is 1.61. The highest BCUT2D eigenvalue weighted by molar-refractivity contribution is 6.36. The van der Waals surface area contributed by atoms with Crippen molar-refractivity contribution in [3.05, 3.63) is 24.3 Å². The Hall–Kier alpha value is -1.16. The van der Waals surface area contributed by atoms with E-state index in [4.69, 9.17) is 0 Å². The molecule has 1 aromatic heterocycles. The smallest absolute Gasteiger partial charge is 0.221 e. The lowest BCUT2D eigenvalue weighted by Crippen LogP contribution is -2.14. The largest absolute Gasteiger partial charge is 0.276 e. The van der Waals surface area contributed by atoms with Crippen molar-refractivity contribution in [3.8, 4) is 0 Å². The molecule has 0 fully saturated rings. The maximum atomic E-state index is 4.21. The minimum Gasteiger partial charge on any atom is -0.276 e. The average Bonchev–Trinajstić information content (AvgIpc) is 2.69. The van der Waals surface area contributed by atoms with Crippen molar-refractivity contribution in [2.75, 3.05) is 0 Å². The molecule has 4 heteroatoms. The van der Waals surface area contributed by atoms with E-state index in [1.807, 2.05) is 22.5 Å². The van der Waals surface area contributed by atoms with E-state index in [1.54, 1.807) is 0 Å². The fraction of sp³-hybridized carbons (Fsp3) is 0.455. The van der Waals surface area contributed by atoms with E-state index in [0.717, 1.165) is 16.6 Å². The molecule has 15 heavy (non-hydrogen) atoms. The number of hydrogen-bond donors (Lipinski definition) is 0. The Morgan fingerprint density at radius 2 is 2.00 bits per heavy atom. The van der Waals surface area contributed by atoms with E-state index in [0.29, 0.717) is 9.68 Å². The van der Waals surface area contributed by atoms with E-state index < -0.39 is 0 Å². The first-order chi connectivity index (χ1) is 7.35. The Kier molecular flexibility index (Phi) is 3.16. The first kappa shape index (κ1) is 10.4. The van der Waals surface area contributed by atoms with Crippen LogP contribution in [-0.2, 0) is 0 Å². The van der Waals surface area contributed by atoms with Gasteiger partial charge in [0.15, 0.2) is 0 Å².